The van der Waals surface area contributed by atoms with Crippen molar-refractivity contribution in [2.75, 3.05) is 0 Å². The van der Waals surface area contributed by atoms with Crippen LogP contribution < -0.4 is 0 Å². The topological polar surface area (TPSA) is 20.2 Å². The Balaban J connectivity index is 2.86. The smallest absolute Gasteiger partial charge is 0.393 e. The zero-order valence-corrected chi connectivity index (χ0v) is 6.40. The zero-order valence-electron chi connectivity index (χ0n) is 6.40. The summed E-state index contributed by atoms with van der Waals surface area (Å²) in [5, 5.41) is 8.69. The van der Waals surface area contributed by atoms with Gasteiger partial charge in [0.2, 0.25) is 0 Å². The Morgan fingerprint density at radius 2 is 1.85 bits per heavy atom. The van der Waals surface area contributed by atoms with Gasteiger partial charge in [-0.1, -0.05) is 6.07 Å². The van der Waals surface area contributed by atoms with E-state index in [0.717, 1.165) is 12.1 Å². The van der Waals surface area contributed by atoms with Gasteiger partial charge in [0.05, 0.1) is 6.42 Å². The molecule has 1 aromatic carbocycles. The predicted molar refractivity (Wildman–Crippen MR) is 37.8 cm³/mol. The first-order valence-electron chi connectivity index (χ1n) is 3.42. The van der Waals surface area contributed by atoms with Crippen molar-refractivity contribution in [2.45, 2.75) is 12.6 Å². The van der Waals surface area contributed by atoms with E-state index in [4.69, 9.17) is 5.11 Å². The fourth-order valence-electron chi connectivity index (χ4n) is 0.892. The monoisotopic (exact) mass is 194 g/mol. The minimum Gasteiger partial charge on any atom is -0.505 e. The number of halogens is 4. The van der Waals surface area contributed by atoms with Gasteiger partial charge in [0.25, 0.3) is 0 Å². The summed E-state index contributed by atoms with van der Waals surface area (Å²) >= 11 is 0. The molecule has 1 nitrogen and oxygen atoms in total. The van der Waals surface area contributed by atoms with E-state index >= 15 is 0 Å². The molecule has 0 aliphatic carbocycles. The van der Waals surface area contributed by atoms with Crippen molar-refractivity contribution in [2.24, 2.45) is 0 Å². The number of phenolic OH excluding ortho intramolecular Hbond substituents is 1. The highest BCUT2D eigenvalue weighted by molar-refractivity contribution is 5.28. The molecule has 0 aliphatic heterocycles. The van der Waals surface area contributed by atoms with E-state index in [1.54, 1.807) is 0 Å². The van der Waals surface area contributed by atoms with Crippen LogP contribution in [0.5, 0.6) is 5.75 Å². The van der Waals surface area contributed by atoms with Gasteiger partial charge in [-0.25, -0.2) is 4.39 Å². The summed E-state index contributed by atoms with van der Waals surface area (Å²) in [7, 11) is 0. The summed E-state index contributed by atoms with van der Waals surface area (Å²) in [6.45, 7) is 0. The van der Waals surface area contributed by atoms with Gasteiger partial charge in [-0.3, -0.25) is 0 Å². The van der Waals surface area contributed by atoms with Crippen LogP contribution in [0.2, 0.25) is 0 Å². The van der Waals surface area contributed by atoms with Crippen LogP contribution in [0.4, 0.5) is 17.6 Å². The van der Waals surface area contributed by atoms with Crippen LogP contribution in [0.1, 0.15) is 5.56 Å². The van der Waals surface area contributed by atoms with Crippen LogP contribution in [0, 0.1) is 5.82 Å². The van der Waals surface area contributed by atoms with Crippen LogP contribution >= 0.6 is 0 Å². The van der Waals surface area contributed by atoms with Crippen LogP contribution in [-0.2, 0) is 6.42 Å². The third kappa shape index (κ3) is 2.93. The number of hydrogen-bond acceptors (Lipinski definition) is 1. The van der Waals surface area contributed by atoms with Crippen molar-refractivity contribution >= 4 is 0 Å². The van der Waals surface area contributed by atoms with Crippen LogP contribution in [0.25, 0.3) is 0 Å². The maximum Gasteiger partial charge on any atom is 0.393 e. The highest BCUT2D eigenvalue weighted by Crippen LogP contribution is 2.24. The van der Waals surface area contributed by atoms with E-state index in [2.05, 4.69) is 0 Å². The molecular formula is C8H6F4O. The minimum absolute atomic E-state index is 0.206. The van der Waals surface area contributed by atoms with Gasteiger partial charge in [0, 0.05) is 0 Å². The summed E-state index contributed by atoms with van der Waals surface area (Å²) in [5.74, 6) is -1.69. The first-order valence-corrected chi connectivity index (χ1v) is 3.42. The Labute approximate surface area is 71.6 Å². The molecule has 5 heteroatoms. The number of benzene rings is 1. The largest absolute Gasteiger partial charge is 0.505 e. The number of phenols is 1. The molecule has 0 fully saturated rings. The number of hydrogen-bond donors (Lipinski definition) is 1. The maximum absolute atomic E-state index is 12.5. The lowest BCUT2D eigenvalue weighted by molar-refractivity contribution is -0.127. The molecule has 0 heterocycles. The molecule has 0 saturated heterocycles. The lowest BCUT2D eigenvalue weighted by atomic mass is 10.1. The second-order valence-corrected chi connectivity index (χ2v) is 2.58. The first-order chi connectivity index (χ1) is 5.88. The average Bonchev–Trinajstić information content (AvgIpc) is 1.94. The van der Waals surface area contributed by atoms with Crippen LogP contribution in [0.3, 0.4) is 0 Å². The van der Waals surface area contributed by atoms with E-state index in [9.17, 15) is 17.6 Å². The molecule has 0 amide bonds. The third-order valence-corrected chi connectivity index (χ3v) is 1.42. The molecule has 0 aromatic heterocycles. The van der Waals surface area contributed by atoms with Crippen molar-refractivity contribution in [1.82, 2.24) is 0 Å². The SMILES string of the molecule is Oc1ccc(CC(F)(F)F)cc1F. The third-order valence-electron chi connectivity index (χ3n) is 1.42. The van der Waals surface area contributed by atoms with Crippen molar-refractivity contribution in [3.8, 4) is 5.75 Å². The van der Waals surface area contributed by atoms with E-state index < -0.39 is 24.2 Å². The number of rotatable bonds is 1. The fourth-order valence-corrected chi connectivity index (χ4v) is 0.892. The number of aromatic hydroxyl groups is 1. The van der Waals surface area contributed by atoms with E-state index in [-0.39, 0.29) is 5.56 Å². The molecule has 13 heavy (non-hydrogen) atoms. The van der Waals surface area contributed by atoms with E-state index in [1.165, 1.54) is 0 Å². The predicted octanol–water partition coefficient (Wildman–Crippen LogP) is 2.64. The molecule has 1 aromatic rings. The Kier molecular flexibility index (Phi) is 2.45. The Hall–Kier alpha value is -1.26. The van der Waals surface area contributed by atoms with Gasteiger partial charge in [-0.05, 0) is 17.7 Å². The molecule has 1 N–H and O–H groups in total. The Bertz CT molecular complexity index is 306. The van der Waals surface area contributed by atoms with Crippen molar-refractivity contribution in [3.05, 3.63) is 29.6 Å². The van der Waals surface area contributed by atoms with Crippen molar-refractivity contribution in [3.63, 3.8) is 0 Å². The first kappa shape index (κ1) is 9.83. The van der Waals surface area contributed by atoms with Gasteiger partial charge in [0.15, 0.2) is 11.6 Å². The molecule has 0 unspecified atom stereocenters. The molecule has 1 rings (SSSR count). The Morgan fingerprint density at radius 3 is 2.31 bits per heavy atom. The van der Waals surface area contributed by atoms with Gasteiger partial charge < -0.3 is 5.11 Å². The molecule has 0 saturated carbocycles. The normalized spacial score (nSPS) is 11.7. The molecular weight excluding hydrogens is 188 g/mol. The van der Waals surface area contributed by atoms with E-state index in [0.29, 0.717) is 6.07 Å². The second kappa shape index (κ2) is 3.24. The summed E-state index contributed by atoms with van der Waals surface area (Å²) in [6, 6.07) is 2.60. The lowest BCUT2D eigenvalue weighted by Crippen LogP contribution is -2.11. The van der Waals surface area contributed by atoms with Crippen LogP contribution in [0.15, 0.2) is 18.2 Å². The fraction of sp³-hybridized carbons (Fsp3) is 0.250. The highest BCUT2D eigenvalue weighted by Gasteiger charge is 2.27. The average molecular weight is 194 g/mol. The van der Waals surface area contributed by atoms with Gasteiger partial charge >= 0.3 is 6.18 Å². The van der Waals surface area contributed by atoms with Crippen molar-refractivity contribution in [1.29, 1.82) is 0 Å². The minimum atomic E-state index is -4.36. The maximum atomic E-state index is 12.5. The van der Waals surface area contributed by atoms with Gasteiger partial charge in [-0.15, -0.1) is 0 Å². The molecule has 0 bridgehead atoms. The molecule has 0 atom stereocenters. The zero-order chi connectivity index (χ0) is 10.1. The molecule has 0 spiro atoms. The van der Waals surface area contributed by atoms with Gasteiger partial charge in [0.1, 0.15) is 0 Å². The summed E-state index contributed by atoms with van der Waals surface area (Å²) in [4.78, 5) is 0. The second-order valence-electron chi connectivity index (χ2n) is 2.58. The standard InChI is InChI=1S/C8H6F4O/c9-6-3-5(1-2-7(6)13)4-8(10,11)12/h1-3,13H,4H2. The molecule has 0 aliphatic rings. The summed E-state index contributed by atoms with van der Waals surface area (Å²) < 4.78 is 47.9. The quantitative estimate of drug-likeness (QED) is 0.681. The summed E-state index contributed by atoms with van der Waals surface area (Å²) in [6.07, 6.45) is -5.55. The lowest BCUT2D eigenvalue weighted by Gasteiger charge is -2.06. The van der Waals surface area contributed by atoms with Crippen molar-refractivity contribution < 1.29 is 22.7 Å². The summed E-state index contributed by atoms with van der Waals surface area (Å²) in [5.41, 5.74) is -0.206. The Morgan fingerprint density at radius 1 is 1.23 bits per heavy atom. The molecule has 0 radical (unpaired) electrons. The van der Waals surface area contributed by atoms with Gasteiger partial charge in [-0.2, -0.15) is 13.2 Å². The van der Waals surface area contributed by atoms with E-state index in [1.807, 2.05) is 0 Å². The molecule has 72 valence electrons. The number of alkyl halides is 3. The highest BCUT2D eigenvalue weighted by atomic mass is 19.4. The van der Waals surface area contributed by atoms with Crippen LogP contribution in [-0.4, -0.2) is 11.3 Å².